The van der Waals surface area contributed by atoms with Gasteiger partial charge < -0.3 is 4.74 Å². The summed E-state index contributed by atoms with van der Waals surface area (Å²) in [5, 5.41) is 0.612. The fraction of sp³-hybridized carbons (Fsp3) is 0.357. The van der Waals surface area contributed by atoms with E-state index in [0.29, 0.717) is 36.3 Å². The molecule has 0 spiro atoms. The second-order valence-electron chi connectivity index (χ2n) is 4.33. The van der Waals surface area contributed by atoms with Crippen LogP contribution in [0, 0.1) is 6.92 Å². The minimum atomic E-state index is -0.305. The molecule has 0 bridgehead atoms. The van der Waals surface area contributed by atoms with Gasteiger partial charge in [0.1, 0.15) is 5.82 Å². The number of carbonyl (C=O) groups excluding carboxylic acids is 1. The van der Waals surface area contributed by atoms with Crippen molar-refractivity contribution in [3.8, 4) is 0 Å². The standard InChI is InChI=1S/C14H16N2O3/c1-10-15-13-7-4-3-6-12(13)14(18)16(10)8-5-9-19-11(2)17/h3-4,6-7H,5,8-9H2,1-2H3. The maximum Gasteiger partial charge on any atom is 0.302 e. The molecule has 0 unspecified atom stereocenters. The third kappa shape index (κ3) is 2.99. The number of fused-ring (bicyclic) bond motifs is 1. The Labute approximate surface area is 110 Å². The Morgan fingerprint density at radius 3 is 2.84 bits per heavy atom. The normalized spacial score (nSPS) is 10.6. The van der Waals surface area contributed by atoms with Gasteiger partial charge in [0, 0.05) is 13.5 Å². The Morgan fingerprint density at radius 1 is 1.37 bits per heavy atom. The van der Waals surface area contributed by atoms with E-state index in [4.69, 9.17) is 4.74 Å². The summed E-state index contributed by atoms with van der Waals surface area (Å²) in [6, 6.07) is 7.28. The van der Waals surface area contributed by atoms with Crippen LogP contribution < -0.4 is 5.56 Å². The molecule has 5 heteroatoms. The van der Waals surface area contributed by atoms with Crippen LogP contribution in [0.5, 0.6) is 0 Å². The number of benzene rings is 1. The number of aryl methyl sites for hydroxylation is 1. The van der Waals surface area contributed by atoms with Crippen LogP contribution in [0.3, 0.4) is 0 Å². The maximum absolute atomic E-state index is 12.3. The largest absolute Gasteiger partial charge is 0.466 e. The molecule has 0 atom stereocenters. The molecule has 2 rings (SSSR count). The van der Waals surface area contributed by atoms with E-state index in [2.05, 4.69) is 4.98 Å². The predicted molar refractivity (Wildman–Crippen MR) is 72.0 cm³/mol. The zero-order valence-electron chi connectivity index (χ0n) is 11.0. The number of carbonyl (C=O) groups is 1. The second-order valence-corrected chi connectivity index (χ2v) is 4.33. The first-order valence-corrected chi connectivity index (χ1v) is 6.19. The molecule has 0 aliphatic heterocycles. The molecule has 1 aromatic heterocycles. The van der Waals surface area contributed by atoms with Crippen LogP contribution in [0.25, 0.3) is 10.9 Å². The molecule has 0 saturated carbocycles. The lowest BCUT2D eigenvalue weighted by molar-refractivity contribution is -0.141. The van der Waals surface area contributed by atoms with Gasteiger partial charge in [0.15, 0.2) is 0 Å². The summed E-state index contributed by atoms with van der Waals surface area (Å²) in [4.78, 5) is 27.4. The van der Waals surface area contributed by atoms with E-state index in [1.165, 1.54) is 6.92 Å². The van der Waals surface area contributed by atoms with E-state index in [1.807, 2.05) is 18.2 Å². The van der Waals surface area contributed by atoms with Crippen molar-refractivity contribution in [2.45, 2.75) is 26.8 Å². The lowest BCUT2D eigenvalue weighted by Gasteiger charge is -2.10. The van der Waals surface area contributed by atoms with E-state index in [-0.39, 0.29) is 11.5 Å². The third-order valence-corrected chi connectivity index (χ3v) is 2.88. The average molecular weight is 260 g/mol. The van der Waals surface area contributed by atoms with Gasteiger partial charge in [-0.25, -0.2) is 4.98 Å². The zero-order chi connectivity index (χ0) is 13.8. The average Bonchev–Trinajstić information content (AvgIpc) is 2.37. The number of rotatable bonds is 4. The lowest BCUT2D eigenvalue weighted by Crippen LogP contribution is -2.24. The first-order chi connectivity index (χ1) is 9.09. The molecule has 1 heterocycles. The van der Waals surface area contributed by atoms with E-state index in [0.717, 1.165) is 0 Å². The van der Waals surface area contributed by atoms with Crippen LogP contribution in [0.15, 0.2) is 29.1 Å². The topological polar surface area (TPSA) is 61.2 Å². The van der Waals surface area contributed by atoms with Gasteiger partial charge in [-0.1, -0.05) is 12.1 Å². The van der Waals surface area contributed by atoms with Crippen molar-refractivity contribution in [2.75, 3.05) is 6.61 Å². The highest BCUT2D eigenvalue weighted by Crippen LogP contribution is 2.07. The van der Waals surface area contributed by atoms with Crippen molar-refractivity contribution < 1.29 is 9.53 Å². The summed E-state index contributed by atoms with van der Waals surface area (Å²) in [6.45, 7) is 3.98. The number of para-hydroxylation sites is 1. The molecular weight excluding hydrogens is 244 g/mol. The summed E-state index contributed by atoms with van der Waals surface area (Å²) < 4.78 is 6.47. The monoisotopic (exact) mass is 260 g/mol. The van der Waals surface area contributed by atoms with Crippen LogP contribution in [-0.4, -0.2) is 22.1 Å². The number of aromatic nitrogens is 2. The zero-order valence-corrected chi connectivity index (χ0v) is 11.0. The first-order valence-electron chi connectivity index (χ1n) is 6.19. The molecular formula is C14H16N2O3. The molecule has 0 aliphatic rings. The Hall–Kier alpha value is -2.17. The number of nitrogens with zero attached hydrogens (tertiary/aromatic N) is 2. The van der Waals surface area contributed by atoms with Gasteiger partial charge >= 0.3 is 5.97 Å². The van der Waals surface area contributed by atoms with Crippen molar-refractivity contribution >= 4 is 16.9 Å². The van der Waals surface area contributed by atoms with Crippen molar-refractivity contribution in [3.63, 3.8) is 0 Å². The van der Waals surface area contributed by atoms with Gasteiger partial charge in [0.2, 0.25) is 0 Å². The van der Waals surface area contributed by atoms with E-state index >= 15 is 0 Å². The van der Waals surface area contributed by atoms with Gasteiger partial charge in [-0.3, -0.25) is 14.2 Å². The number of hydrogen-bond acceptors (Lipinski definition) is 4. The number of ether oxygens (including phenoxy) is 1. The molecule has 0 saturated heterocycles. The highest BCUT2D eigenvalue weighted by Gasteiger charge is 2.07. The summed E-state index contributed by atoms with van der Waals surface area (Å²) in [5.74, 6) is 0.368. The molecule has 1 aromatic carbocycles. The minimum absolute atomic E-state index is 0.0501. The predicted octanol–water partition coefficient (Wildman–Crippen LogP) is 1.66. The SMILES string of the molecule is CC(=O)OCCCn1c(C)nc2ccccc2c1=O. The molecule has 0 fully saturated rings. The highest BCUT2D eigenvalue weighted by atomic mass is 16.5. The molecule has 0 N–H and O–H groups in total. The fourth-order valence-electron chi connectivity index (χ4n) is 1.98. The molecule has 2 aromatic rings. The Balaban J connectivity index is 2.23. The van der Waals surface area contributed by atoms with Crippen molar-refractivity contribution in [1.29, 1.82) is 0 Å². The van der Waals surface area contributed by atoms with E-state index < -0.39 is 0 Å². The van der Waals surface area contributed by atoms with Gasteiger partial charge in [0.25, 0.3) is 5.56 Å². The molecule has 0 radical (unpaired) electrons. The molecule has 5 nitrogen and oxygen atoms in total. The Bertz CT molecular complexity index is 661. The van der Waals surface area contributed by atoms with Crippen LogP contribution in [0.2, 0.25) is 0 Å². The van der Waals surface area contributed by atoms with Crippen LogP contribution in [0.4, 0.5) is 0 Å². The molecule has 100 valence electrons. The van der Waals surface area contributed by atoms with Crippen molar-refractivity contribution in [3.05, 3.63) is 40.4 Å². The third-order valence-electron chi connectivity index (χ3n) is 2.88. The van der Waals surface area contributed by atoms with Crippen LogP contribution >= 0.6 is 0 Å². The van der Waals surface area contributed by atoms with E-state index in [1.54, 1.807) is 17.6 Å². The van der Waals surface area contributed by atoms with Gasteiger partial charge in [-0.05, 0) is 25.5 Å². The smallest absolute Gasteiger partial charge is 0.302 e. The fourth-order valence-corrected chi connectivity index (χ4v) is 1.98. The van der Waals surface area contributed by atoms with Gasteiger partial charge in [-0.2, -0.15) is 0 Å². The van der Waals surface area contributed by atoms with E-state index in [9.17, 15) is 9.59 Å². The lowest BCUT2D eigenvalue weighted by atomic mass is 10.2. The maximum atomic E-state index is 12.3. The number of hydrogen-bond donors (Lipinski definition) is 0. The van der Waals surface area contributed by atoms with Gasteiger partial charge in [-0.15, -0.1) is 0 Å². The summed E-state index contributed by atoms with van der Waals surface area (Å²) in [7, 11) is 0. The molecule has 19 heavy (non-hydrogen) atoms. The molecule has 0 aliphatic carbocycles. The van der Waals surface area contributed by atoms with Crippen molar-refractivity contribution in [2.24, 2.45) is 0 Å². The molecule has 0 amide bonds. The summed E-state index contributed by atoms with van der Waals surface area (Å²) >= 11 is 0. The van der Waals surface area contributed by atoms with Crippen LogP contribution in [-0.2, 0) is 16.1 Å². The second kappa shape index (κ2) is 5.65. The Kier molecular flexibility index (Phi) is 3.94. The highest BCUT2D eigenvalue weighted by molar-refractivity contribution is 5.77. The van der Waals surface area contributed by atoms with Gasteiger partial charge in [0.05, 0.1) is 17.5 Å². The minimum Gasteiger partial charge on any atom is -0.466 e. The van der Waals surface area contributed by atoms with Crippen molar-refractivity contribution in [1.82, 2.24) is 9.55 Å². The summed E-state index contributed by atoms with van der Waals surface area (Å²) in [5.41, 5.74) is 0.659. The first kappa shape index (κ1) is 13.3. The quantitative estimate of drug-likeness (QED) is 0.619. The van der Waals surface area contributed by atoms with Crippen LogP contribution in [0.1, 0.15) is 19.2 Å². The number of esters is 1. The summed E-state index contributed by atoms with van der Waals surface area (Å²) in [6.07, 6.45) is 0.598. The Morgan fingerprint density at radius 2 is 2.11 bits per heavy atom.